The summed E-state index contributed by atoms with van der Waals surface area (Å²) in [6.07, 6.45) is 1.90. The Morgan fingerprint density at radius 3 is 1.44 bits per heavy atom. The summed E-state index contributed by atoms with van der Waals surface area (Å²) < 4.78 is 7.83. The predicted octanol–water partition coefficient (Wildman–Crippen LogP) is 11.2. The topological polar surface area (TPSA) is 12.9 Å². The molecule has 0 radical (unpaired) electrons. The van der Waals surface area contributed by atoms with Crippen molar-refractivity contribution in [1.29, 1.82) is 0 Å². The van der Waals surface area contributed by atoms with Crippen LogP contribution in [-0.2, 0) is 0 Å². The quantitative estimate of drug-likeness (QED) is 0.127. The molecule has 7 aromatic carbocycles. The summed E-state index contributed by atoms with van der Waals surface area (Å²) in [5.41, 5.74) is 3.55. The van der Waals surface area contributed by atoms with E-state index in [1.165, 1.54) is 87.0 Å². The zero-order valence-corrected chi connectivity index (χ0v) is 31.4. The predicted molar refractivity (Wildman–Crippen MR) is 232 cm³/mol. The van der Waals surface area contributed by atoms with Crippen LogP contribution in [0.15, 0.2) is 176 Å². The molecule has 0 spiro atoms. The van der Waals surface area contributed by atoms with Gasteiger partial charge in [-0.3, -0.25) is 4.98 Å². The van der Waals surface area contributed by atoms with Crippen molar-refractivity contribution in [1.82, 2.24) is 4.98 Å². The number of hydrogen-bond donors (Lipinski definition) is 0. The van der Waals surface area contributed by atoms with Gasteiger partial charge in [0.25, 0.3) is 0 Å². The first-order chi connectivity index (χ1) is 25.7. The number of thiophene rings is 3. The molecule has 1 nitrogen and oxygen atoms in total. The maximum atomic E-state index is 4.74. The van der Waals surface area contributed by atoms with Crippen molar-refractivity contribution in [2.24, 2.45) is 0 Å². The third-order valence-electron chi connectivity index (χ3n) is 10.7. The number of aromatic nitrogens is 1. The SMILES string of the molecule is c1ccc([Si](c2ccccc2)(c2ccc3sc4ccccc4c3c2)c2ccc3sc4ccc(-c5ccc6sc7cccnc7c6c5)cc4c3c2)cc1. The van der Waals surface area contributed by atoms with E-state index in [-0.39, 0.29) is 0 Å². The molecule has 0 aliphatic carbocycles. The second-order valence-electron chi connectivity index (χ2n) is 13.5. The van der Waals surface area contributed by atoms with Gasteiger partial charge < -0.3 is 0 Å². The van der Waals surface area contributed by atoms with Crippen molar-refractivity contribution in [3.8, 4) is 11.1 Å². The third kappa shape index (κ3) is 4.54. The fourth-order valence-corrected chi connectivity index (χ4v) is 16.3. The van der Waals surface area contributed by atoms with E-state index in [4.69, 9.17) is 4.98 Å². The van der Waals surface area contributed by atoms with Crippen LogP contribution < -0.4 is 20.7 Å². The highest BCUT2D eigenvalue weighted by molar-refractivity contribution is 7.27. The Bertz CT molecular complexity index is 3100. The van der Waals surface area contributed by atoms with E-state index < -0.39 is 8.07 Å². The highest BCUT2D eigenvalue weighted by atomic mass is 32.1. The summed E-state index contributed by atoms with van der Waals surface area (Å²) in [6, 6.07) is 64.2. The number of fused-ring (bicyclic) bond motifs is 9. The molecule has 0 unspecified atom stereocenters. The first-order valence-electron chi connectivity index (χ1n) is 17.5. The molecular formula is C47H29NS3Si. The molecule has 0 aliphatic heterocycles. The molecule has 244 valence electrons. The average molecular weight is 732 g/mol. The van der Waals surface area contributed by atoms with Crippen molar-refractivity contribution in [2.45, 2.75) is 0 Å². The van der Waals surface area contributed by atoms with Crippen LogP contribution in [0, 0.1) is 0 Å². The van der Waals surface area contributed by atoms with Gasteiger partial charge in [-0.15, -0.1) is 34.0 Å². The van der Waals surface area contributed by atoms with E-state index in [0.717, 1.165) is 5.52 Å². The number of pyridine rings is 1. The summed E-state index contributed by atoms with van der Waals surface area (Å²) >= 11 is 5.59. The molecule has 0 saturated carbocycles. The molecule has 0 N–H and O–H groups in total. The van der Waals surface area contributed by atoms with Crippen molar-refractivity contribution < 1.29 is 0 Å². The van der Waals surface area contributed by atoms with Crippen LogP contribution in [0.3, 0.4) is 0 Å². The molecule has 0 fully saturated rings. The summed E-state index contributed by atoms with van der Waals surface area (Å²) in [4.78, 5) is 4.74. The van der Waals surface area contributed by atoms with Gasteiger partial charge in [0.05, 0.1) is 10.2 Å². The molecule has 5 heteroatoms. The van der Waals surface area contributed by atoms with Gasteiger partial charge in [-0.1, -0.05) is 115 Å². The van der Waals surface area contributed by atoms with Gasteiger partial charge in [-0.05, 0) is 86.5 Å². The minimum absolute atomic E-state index is 1.09. The van der Waals surface area contributed by atoms with E-state index in [0.29, 0.717) is 0 Å². The lowest BCUT2D eigenvalue weighted by Crippen LogP contribution is -2.74. The minimum atomic E-state index is -2.78. The molecule has 0 bridgehead atoms. The lowest BCUT2D eigenvalue weighted by Gasteiger charge is -2.34. The summed E-state index contributed by atoms with van der Waals surface area (Å²) in [5, 5.41) is 12.2. The fourth-order valence-electron chi connectivity index (χ4n) is 8.30. The molecule has 0 aliphatic rings. The van der Waals surface area contributed by atoms with Crippen LogP contribution in [0.1, 0.15) is 0 Å². The lowest BCUT2D eigenvalue weighted by molar-refractivity contribution is 1.44. The van der Waals surface area contributed by atoms with Crippen molar-refractivity contribution in [2.75, 3.05) is 0 Å². The van der Waals surface area contributed by atoms with Crippen molar-refractivity contribution >= 4 is 123 Å². The molecule has 52 heavy (non-hydrogen) atoms. The number of hydrogen-bond acceptors (Lipinski definition) is 4. The van der Waals surface area contributed by atoms with E-state index >= 15 is 0 Å². The minimum Gasteiger partial charge on any atom is -0.255 e. The molecule has 0 atom stereocenters. The number of benzene rings is 7. The summed E-state index contributed by atoms with van der Waals surface area (Å²) in [6.45, 7) is 0. The normalized spacial score (nSPS) is 12.2. The van der Waals surface area contributed by atoms with E-state index in [1.807, 2.05) is 46.3 Å². The third-order valence-corrected chi connectivity index (χ3v) is 18.9. The van der Waals surface area contributed by atoms with Gasteiger partial charge in [0.1, 0.15) is 0 Å². The largest absolute Gasteiger partial charge is 0.255 e. The Kier molecular flexibility index (Phi) is 6.86. The summed E-state index contributed by atoms with van der Waals surface area (Å²) in [5.74, 6) is 0. The molecule has 11 rings (SSSR count). The maximum Gasteiger partial charge on any atom is 0.179 e. The highest BCUT2D eigenvalue weighted by Crippen LogP contribution is 2.39. The Hall–Kier alpha value is -5.43. The molecule has 4 heterocycles. The second kappa shape index (κ2) is 11.8. The van der Waals surface area contributed by atoms with Crippen LogP contribution in [0.5, 0.6) is 0 Å². The van der Waals surface area contributed by atoms with Gasteiger partial charge in [0, 0.05) is 56.6 Å². The molecule has 4 aromatic heterocycles. The lowest BCUT2D eigenvalue weighted by atomic mass is 10.0. The molecule has 0 amide bonds. The van der Waals surface area contributed by atoms with Crippen LogP contribution in [-0.4, -0.2) is 13.1 Å². The Morgan fingerprint density at radius 2 is 0.788 bits per heavy atom. The Morgan fingerprint density at radius 1 is 0.327 bits per heavy atom. The highest BCUT2D eigenvalue weighted by Gasteiger charge is 2.42. The average Bonchev–Trinajstić information content (AvgIpc) is 3.89. The summed E-state index contributed by atoms with van der Waals surface area (Å²) in [7, 11) is -2.78. The standard InChI is InChI=1S/C47H29NS3Si/c1-3-10-32(11-4-1)52(33-12-5-2-6-13-33,34-19-23-43-38(28-34)36-14-7-8-15-41(36)49-43)35-20-24-44-39(29-35)37-26-30(17-21-42(37)50-44)31-18-22-45-40(27-31)47-46(51-45)16-9-25-48-47/h1-29H. The van der Waals surface area contributed by atoms with Gasteiger partial charge in [0.2, 0.25) is 0 Å². The van der Waals surface area contributed by atoms with Crippen molar-refractivity contribution in [3.05, 3.63) is 176 Å². The zero-order chi connectivity index (χ0) is 34.2. The Labute approximate surface area is 313 Å². The van der Waals surface area contributed by atoms with E-state index in [2.05, 4.69) is 164 Å². The van der Waals surface area contributed by atoms with Crippen LogP contribution in [0.2, 0.25) is 0 Å². The van der Waals surface area contributed by atoms with Crippen molar-refractivity contribution in [3.63, 3.8) is 0 Å². The van der Waals surface area contributed by atoms with Gasteiger partial charge in [-0.25, -0.2) is 0 Å². The number of rotatable bonds is 5. The smallest absolute Gasteiger partial charge is 0.179 e. The van der Waals surface area contributed by atoms with Gasteiger partial charge in [0.15, 0.2) is 8.07 Å². The molecule has 0 saturated heterocycles. The fraction of sp³-hybridized carbons (Fsp3) is 0. The van der Waals surface area contributed by atoms with Crippen LogP contribution in [0.25, 0.3) is 71.8 Å². The van der Waals surface area contributed by atoms with Gasteiger partial charge >= 0.3 is 0 Å². The first kappa shape index (κ1) is 30.2. The Balaban J connectivity index is 1.17. The second-order valence-corrected chi connectivity index (χ2v) is 20.5. The first-order valence-corrected chi connectivity index (χ1v) is 22.0. The van der Waals surface area contributed by atoms with Crippen LogP contribution >= 0.6 is 34.0 Å². The number of nitrogens with zero attached hydrogens (tertiary/aromatic N) is 1. The van der Waals surface area contributed by atoms with E-state index in [1.54, 1.807) is 0 Å². The van der Waals surface area contributed by atoms with E-state index in [9.17, 15) is 0 Å². The van der Waals surface area contributed by atoms with Crippen LogP contribution in [0.4, 0.5) is 0 Å². The monoisotopic (exact) mass is 731 g/mol. The maximum absolute atomic E-state index is 4.74. The van der Waals surface area contributed by atoms with Gasteiger partial charge in [-0.2, -0.15) is 0 Å². The zero-order valence-electron chi connectivity index (χ0n) is 27.9. The molecular weight excluding hydrogens is 703 g/mol. The molecule has 11 aromatic rings.